The Bertz CT molecular complexity index is 689. The number of hydrogen-bond donors (Lipinski definition) is 1. The van der Waals surface area contributed by atoms with Crippen LogP contribution in [0.3, 0.4) is 0 Å². The second kappa shape index (κ2) is 3.69. The number of rotatable bonds is 1. The first-order valence-corrected chi connectivity index (χ1v) is 7.14. The smallest absolute Gasteiger partial charge is 0.267 e. The third kappa shape index (κ3) is 1.57. The normalized spacial score (nSPS) is 33.1. The topological polar surface area (TPSA) is 45.8 Å². The predicted molar refractivity (Wildman–Crippen MR) is 75.2 cm³/mol. The first-order chi connectivity index (χ1) is 9.17. The van der Waals surface area contributed by atoms with Crippen LogP contribution in [-0.4, -0.2) is 10.2 Å². The molecule has 0 radical (unpaired) electrons. The fourth-order valence-electron chi connectivity index (χ4n) is 4.38. The molecular formula is C16H18N2O. The fourth-order valence-corrected chi connectivity index (χ4v) is 4.38. The molecule has 98 valence electrons. The van der Waals surface area contributed by atoms with Crippen LogP contribution in [-0.2, 0) is 0 Å². The lowest BCUT2D eigenvalue weighted by Crippen LogP contribution is -2.46. The van der Waals surface area contributed by atoms with Crippen molar-refractivity contribution < 1.29 is 0 Å². The van der Waals surface area contributed by atoms with Gasteiger partial charge in [-0.05, 0) is 43.1 Å². The van der Waals surface area contributed by atoms with E-state index in [9.17, 15) is 4.79 Å². The number of nitrogens with one attached hydrogen (secondary N) is 1. The molecule has 0 amide bonds. The highest BCUT2D eigenvalue weighted by molar-refractivity contribution is 5.83. The molecule has 2 aliphatic carbocycles. The predicted octanol–water partition coefficient (Wildman–Crippen LogP) is 3.22. The molecule has 0 aliphatic heterocycles. The summed E-state index contributed by atoms with van der Waals surface area (Å²) in [5.41, 5.74) is 1.63. The number of fused-ring (bicyclic) bond motifs is 1. The molecule has 0 saturated heterocycles. The summed E-state index contributed by atoms with van der Waals surface area (Å²) in [7, 11) is 0. The van der Waals surface area contributed by atoms with Gasteiger partial charge in [0.05, 0.1) is 11.1 Å². The van der Waals surface area contributed by atoms with Crippen molar-refractivity contribution in [3.63, 3.8) is 0 Å². The summed E-state index contributed by atoms with van der Waals surface area (Å²) >= 11 is 0. The molecule has 19 heavy (non-hydrogen) atoms. The molecule has 2 saturated carbocycles. The van der Waals surface area contributed by atoms with E-state index < -0.39 is 0 Å². The van der Waals surface area contributed by atoms with E-state index in [1.807, 2.05) is 24.3 Å². The Hall–Kier alpha value is -1.64. The van der Waals surface area contributed by atoms with E-state index >= 15 is 0 Å². The maximum absolute atomic E-state index is 11.8. The summed E-state index contributed by atoms with van der Waals surface area (Å²) in [4.78, 5) is 11.8. The molecule has 3 heteroatoms. The van der Waals surface area contributed by atoms with E-state index in [0.717, 1.165) is 22.4 Å². The Morgan fingerprint density at radius 1 is 1.16 bits per heavy atom. The molecular weight excluding hydrogens is 236 g/mol. The van der Waals surface area contributed by atoms with Gasteiger partial charge in [-0.2, -0.15) is 5.10 Å². The molecule has 2 aliphatic rings. The maximum atomic E-state index is 11.8. The molecule has 0 atom stereocenters. The number of hydrogen-bond acceptors (Lipinski definition) is 2. The molecule has 1 spiro atoms. The van der Waals surface area contributed by atoms with Gasteiger partial charge in [0.2, 0.25) is 0 Å². The standard InChI is InChI=1S/C16H18N2O/c1-10-6-16(7-10)8-11(9-16)14-12-4-2-3-5-13(12)15(19)18-17-14/h2-5,10-11H,6-9H2,1H3,(H,18,19). The minimum absolute atomic E-state index is 0.0781. The molecule has 2 fully saturated rings. The Morgan fingerprint density at radius 3 is 2.53 bits per heavy atom. The number of aromatic amines is 1. The van der Waals surface area contributed by atoms with E-state index in [2.05, 4.69) is 17.1 Å². The average molecular weight is 254 g/mol. The zero-order valence-corrected chi connectivity index (χ0v) is 11.1. The molecule has 2 aromatic rings. The second-order valence-corrected chi connectivity index (χ2v) is 6.60. The SMILES string of the molecule is CC1CC2(C1)CC(c1n[nH]c(=O)c3ccccc13)C2. The summed E-state index contributed by atoms with van der Waals surface area (Å²) in [6, 6.07) is 7.82. The highest BCUT2D eigenvalue weighted by Crippen LogP contribution is 2.63. The van der Waals surface area contributed by atoms with Crippen LogP contribution < -0.4 is 5.56 Å². The highest BCUT2D eigenvalue weighted by atomic mass is 16.1. The Labute approximate surface area is 112 Å². The molecule has 1 aromatic heterocycles. The lowest BCUT2D eigenvalue weighted by Gasteiger charge is -2.57. The monoisotopic (exact) mass is 254 g/mol. The summed E-state index contributed by atoms with van der Waals surface area (Å²) in [6.45, 7) is 2.34. The van der Waals surface area contributed by atoms with E-state index in [4.69, 9.17) is 0 Å². The van der Waals surface area contributed by atoms with E-state index in [-0.39, 0.29) is 5.56 Å². The first kappa shape index (κ1) is 11.2. The molecule has 1 aromatic carbocycles. The highest BCUT2D eigenvalue weighted by Gasteiger charge is 2.52. The number of H-pyrrole nitrogens is 1. The van der Waals surface area contributed by atoms with Gasteiger partial charge in [-0.25, -0.2) is 5.10 Å². The Morgan fingerprint density at radius 2 is 1.84 bits per heavy atom. The Balaban J connectivity index is 1.70. The van der Waals surface area contributed by atoms with Crippen molar-refractivity contribution in [3.8, 4) is 0 Å². The van der Waals surface area contributed by atoms with E-state index in [1.165, 1.54) is 25.7 Å². The third-order valence-corrected chi connectivity index (χ3v) is 5.03. The second-order valence-electron chi connectivity index (χ2n) is 6.60. The van der Waals surface area contributed by atoms with Crippen LogP contribution in [0.2, 0.25) is 0 Å². The van der Waals surface area contributed by atoms with Gasteiger partial charge in [-0.3, -0.25) is 4.79 Å². The van der Waals surface area contributed by atoms with Gasteiger partial charge in [-0.1, -0.05) is 25.1 Å². The first-order valence-electron chi connectivity index (χ1n) is 7.14. The minimum atomic E-state index is -0.0781. The number of aromatic nitrogens is 2. The summed E-state index contributed by atoms with van der Waals surface area (Å²) in [6.07, 6.45) is 5.26. The van der Waals surface area contributed by atoms with Crippen molar-refractivity contribution in [2.24, 2.45) is 11.3 Å². The van der Waals surface area contributed by atoms with Gasteiger partial charge < -0.3 is 0 Å². The van der Waals surface area contributed by atoms with Crippen molar-refractivity contribution in [3.05, 3.63) is 40.3 Å². The lowest BCUT2D eigenvalue weighted by atomic mass is 9.48. The molecule has 4 rings (SSSR count). The van der Waals surface area contributed by atoms with Gasteiger partial charge in [0.25, 0.3) is 5.56 Å². The van der Waals surface area contributed by atoms with Gasteiger partial charge in [-0.15, -0.1) is 0 Å². The van der Waals surface area contributed by atoms with Crippen LogP contribution in [0.15, 0.2) is 29.1 Å². The van der Waals surface area contributed by atoms with Crippen molar-refractivity contribution in [2.75, 3.05) is 0 Å². The maximum Gasteiger partial charge on any atom is 0.272 e. The zero-order chi connectivity index (χ0) is 13.0. The summed E-state index contributed by atoms with van der Waals surface area (Å²) in [5, 5.41) is 8.81. The van der Waals surface area contributed by atoms with Crippen molar-refractivity contribution in [2.45, 2.75) is 38.5 Å². The summed E-state index contributed by atoms with van der Waals surface area (Å²) < 4.78 is 0. The zero-order valence-electron chi connectivity index (χ0n) is 11.1. The van der Waals surface area contributed by atoms with Gasteiger partial charge in [0.15, 0.2) is 0 Å². The van der Waals surface area contributed by atoms with Crippen LogP contribution >= 0.6 is 0 Å². The number of nitrogens with zero attached hydrogens (tertiary/aromatic N) is 1. The van der Waals surface area contributed by atoms with Gasteiger partial charge in [0, 0.05) is 11.3 Å². The van der Waals surface area contributed by atoms with Gasteiger partial charge in [0.1, 0.15) is 0 Å². The lowest BCUT2D eigenvalue weighted by molar-refractivity contribution is -0.0350. The van der Waals surface area contributed by atoms with Gasteiger partial charge >= 0.3 is 0 Å². The summed E-state index contributed by atoms with van der Waals surface area (Å²) in [5.74, 6) is 1.44. The third-order valence-electron chi connectivity index (χ3n) is 5.03. The van der Waals surface area contributed by atoms with Crippen LogP contribution in [0.5, 0.6) is 0 Å². The quantitative estimate of drug-likeness (QED) is 0.849. The van der Waals surface area contributed by atoms with E-state index in [1.54, 1.807) is 0 Å². The molecule has 0 bridgehead atoms. The van der Waals surface area contributed by atoms with Crippen LogP contribution in [0.25, 0.3) is 10.8 Å². The van der Waals surface area contributed by atoms with Crippen molar-refractivity contribution in [1.82, 2.24) is 10.2 Å². The minimum Gasteiger partial charge on any atom is -0.267 e. The largest absolute Gasteiger partial charge is 0.272 e. The van der Waals surface area contributed by atoms with Crippen LogP contribution in [0, 0.1) is 11.3 Å². The molecule has 1 N–H and O–H groups in total. The Kier molecular flexibility index (Phi) is 2.17. The van der Waals surface area contributed by atoms with Crippen molar-refractivity contribution in [1.29, 1.82) is 0 Å². The molecule has 0 unspecified atom stereocenters. The van der Waals surface area contributed by atoms with Crippen LogP contribution in [0.1, 0.15) is 44.2 Å². The fraction of sp³-hybridized carbons (Fsp3) is 0.500. The van der Waals surface area contributed by atoms with Crippen LogP contribution in [0.4, 0.5) is 0 Å². The van der Waals surface area contributed by atoms with Crippen molar-refractivity contribution >= 4 is 10.8 Å². The molecule has 1 heterocycles. The molecule has 3 nitrogen and oxygen atoms in total. The average Bonchev–Trinajstić information content (AvgIpc) is 2.34. The number of benzene rings is 1. The van der Waals surface area contributed by atoms with E-state index in [0.29, 0.717) is 11.3 Å².